The molecule has 19 nitrogen and oxygen atoms in total. The standard InChI is InChI=1S/C28H49NO18/c1-3-4-5-6-13(34)12(29-11(2)33)10-42-26-22(40)19(37)24(15(8-31)44-26)47-28-23(41)20(38)25(16(9-32)45-28)46-27-21(39)18(36)17(35)14(7-30)43-27/h5-6,12-28,30-32,34-41H,3-4,7-10H2,1-2H3,(H,29,33)/b6-5+. The van der Waals surface area contributed by atoms with Gasteiger partial charge in [-0.25, -0.2) is 0 Å². The van der Waals surface area contributed by atoms with E-state index in [0.717, 1.165) is 6.42 Å². The largest absolute Gasteiger partial charge is 0.394 e. The van der Waals surface area contributed by atoms with Crippen molar-refractivity contribution in [3.05, 3.63) is 12.2 Å². The van der Waals surface area contributed by atoms with E-state index in [2.05, 4.69) is 5.32 Å². The fourth-order valence-corrected chi connectivity index (χ4v) is 5.40. The molecular formula is C28H49NO18. The normalized spacial score (nSPS) is 42.7. The van der Waals surface area contributed by atoms with E-state index in [1.807, 2.05) is 6.92 Å². The number of nitrogens with one attached hydrogen (secondary N) is 1. The van der Waals surface area contributed by atoms with E-state index in [4.69, 9.17) is 28.4 Å². The molecule has 0 aromatic rings. The Hall–Kier alpha value is -1.47. The lowest BCUT2D eigenvalue weighted by Crippen LogP contribution is -2.66. The van der Waals surface area contributed by atoms with Gasteiger partial charge in [-0.1, -0.05) is 25.5 Å². The van der Waals surface area contributed by atoms with E-state index < -0.39 is 130 Å². The highest BCUT2D eigenvalue weighted by molar-refractivity contribution is 5.73. The average molecular weight is 688 g/mol. The first kappa shape index (κ1) is 40.0. The van der Waals surface area contributed by atoms with E-state index in [1.54, 1.807) is 6.08 Å². The number of rotatable bonds is 15. The minimum absolute atomic E-state index is 0.375. The highest BCUT2D eigenvalue weighted by Gasteiger charge is 2.53. The van der Waals surface area contributed by atoms with Gasteiger partial charge in [-0.2, -0.15) is 0 Å². The number of carbonyl (C=O) groups excluding carboxylic acids is 1. The summed E-state index contributed by atoms with van der Waals surface area (Å²) in [7, 11) is 0. The Labute approximate surface area is 270 Å². The third kappa shape index (κ3) is 9.83. The minimum Gasteiger partial charge on any atom is -0.394 e. The Morgan fingerprint density at radius 1 is 0.723 bits per heavy atom. The molecule has 17 atom stereocenters. The second kappa shape index (κ2) is 18.5. The third-order valence-electron chi connectivity index (χ3n) is 8.10. The maximum absolute atomic E-state index is 11.7. The zero-order valence-electron chi connectivity index (χ0n) is 26.0. The maximum atomic E-state index is 11.7. The molecule has 1 amide bonds. The number of ether oxygens (including phenoxy) is 6. The van der Waals surface area contributed by atoms with Crippen molar-refractivity contribution >= 4 is 5.91 Å². The number of aliphatic hydroxyl groups excluding tert-OH is 11. The van der Waals surface area contributed by atoms with Crippen molar-refractivity contribution in [3.8, 4) is 0 Å². The number of hydrogen-bond acceptors (Lipinski definition) is 18. The molecule has 0 saturated carbocycles. The number of amides is 1. The van der Waals surface area contributed by atoms with Crippen LogP contribution in [0.3, 0.4) is 0 Å². The van der Waals surface area contributed by atoms with Crippen LogP contribution in [0.5, 0.6) is 0 Å². The molecule has 3 rings (SSSR count). The summed E-state index contributed by atoms with van der Waals surface area (Å²) >= 11 is 0. The average Bonchev–Trinajstić information content (AvgIpc) is 3.05. The topological polar surface area (TPSA) is 307 Å². The third-order valence-corrected chi connectivity index (χ3v) is 8.10. The fourth-order valence-electron chi connectivity index (χ4n) is 5.40. The van der Waals surface area contributed by atoms with Gasteiger partial charge in [0.15, 0.2) is 18.9 Å². The molecule has 47 heavy (non-hydrogen) atoms. The molecule has 0 aliphatic carbocycles. The monoisotopic (exact) mass is 687 g/mol. The number of hydrogen-bond donors (Lipinski definition) is 12. The van der Waals surface area contributed by atoms with Gasteiger partial charge >= 0.3 is 0 Å². The first-order chi connectivity index (χ1) is 22.3. The van der Waals surface area contributed by atoms with Gasteiger partial charge in [0, 0.05) is 6.92 Å². The molecular weight excluding hydrogens is 638 g/mol. The van der Waals surface area contributed by atoms with Gasteiger partial charge in [0.25, 0.3) is 0 Å². The van der Waals surface area contributed by atoms with Crippen molar-refractivity contribution in [2.75, 3.05) is 26.4 Å². The summed E-state index contributed by atoms with van der Waals surface area (Å²) < 4.78 is 33.1. The van der Waals surface area contributed by atoms with Crippen LogP contribution < -0.4 is 5.32 Å². The van der Waals surface area contributed by atoms with E-state index >= 15 is 0 Å². The Balaban J connectivity index is 1.67. The number of carbonyl (C=O) groups is 1. The Kier molecular flexibility index (Phi) is 15.7. The Morgan fingerprint density at radius 3 is 1.68 bits per heavy atom. The van der Waals surface area contributed by atoms with Gasteiger partial charge in [0.2, 0.25) is 5.91 Å². The summed E-state index contributed by atoms with van der Waals surface area (Å²) in [5.74, 6) is -0.469. The molecule has 3 heterocycles. The van der Waals surface area contributed by atoms with Crippen molar-refractivity contribution < 1.29 is 89.4 Å². The van der Waals surface area contributed by atoms with Crippen LogP contribution >= 0.6 is 0 Å². The molecule has 274 valence electrons. The number of aliphatic hydroxyl groups is 11. The zero-order chi connectivity index (χ0) is 35.0. The Morgan fingerprint density at radius 2 is 1.19 bits per heavy atom. The van der Waals surface area contributed by atoms with Crippen molar-refractivity contribution in [2.45, 2.75) is 131 Å². The molecule has 0 aromatic heterocycles. The molecule has 3 aliphatic heterocycles. The lowest BCUT2D eigenvalue weighted by atomic mass is 9.96. The van der Waals surface area contributed by atoms with Crippen LogP contribution in [-0.4, -0.2) is 193 Å². The van der Waals surface area contributed by atoms with Gasteiger partial charge in [0.05, 0.1) is 38.6 Å². The molecule has 0 radical (unpaired) electrons. The van der Waals surface area contributed by atoms with E-state index in [9.17, 15) is 61.0 Å². The molecule has 0 bridgehead atoms. The summed E-state index contributed by atoms with van der Waals surface area (Å²) in [5.41, 5.74) is 0. The summed E-state index contributed by atoms with van der Waals surface area (Å²) in [6.45, 7) is 0.384. The SMILES string of the molecule is CCC/C=C/C(O)C(COC1OC(CO)C(OC2OC(CO)C(OC3OC(CO)C(O)C(O)C3O)C(O)C2O)C(O)C1O)NC(C)=O. The second-order valence-electron chi connectivity index (χ2n) is 11.7. The highest BCUT2D eigenvalue weighted by atomic mass is 16.8. The molecule has 0 aromatic carbocycles. The van der Waals surface area contributed by atoms with Crippen molar-refractivity contribution in [2.24, 2.45) is 0 Å². The van der Waals surface area contributed by atoms with Crippen LogP contribution in [0.15, 0.2) is 12.2 Å². The number of unbranched alkanes of at least 4 members (excludes halogenated alkanes) is 1. The molecule has 17 unspecified atom stereocenters. The lowest BCUT2D eigenvalue weighted by molar-refractivity contribution is -0.379. The van der Waals surface area contributed by atoms with E-state index in [-0.39, 0.29) is 6.61 Å². The first-order valence-corrected chi connectivity index (χ1v) is 15.4. The van der Waals surface area contributed by atoms with Crippen LogP contribution in [-0.2, 0) is 33.2 Å². The van der Waals surface area contributed by atoms with Crippen LogP contribution in [0.25, 0.3) is 0 Å². The quantitative estimate of drug-likeness (QED) is 0.0712. The van der Waals surface area contributed by atoms with Crippen LogP contribution in [0.2, 0.25) is 0 Å². The predicted molar refractivity (Wildman–Crippen MR) is 153 cm³/mol. The summed E-state index contributed by atoms with van der Waals surface area (Å²) in [5, 5.41) is 116. The predicted octanol–water partition coefficient (Wildman–Crippen LogP) is -6.33. The number of allylic oxidation sites excluding steroid dienone is 1. The lowest BCUT2D eigenvalue weighted by Gasteiger charge is -2.48. The van der Waals surface area contributed by atoms with Crippen molar-refractivity contribution in [1.29, 1.82) is 0 Å². The molecule has 12 N–H and O–H groups in total. The molecule has 0 spiro atoms. The zero-order valence-corrected chi connectivity index (χ0v) is 26.0. The highest BCUT2D eigenvalue weighted by Crippen LogP contribution is 2.32. The van der Waals surface area contributed by atoms with Gasteiger partial charge < -0.3 is 89.9 Å². The minimum atomic E-state index is -1.97. The van der Waals surface area contributed by atoms with Crippen LogP contribution in [0, 0.1) is 0 Å². The van der Waals surface area contributed by atoms with Gasteiger partial charge in [-0.3, -0.25) is 4.79 Å². The summed E-state index contributed by atoms with van der Waals surface area (Å²) in [4.78, 5) is 11.7. The van der Waals surface area contributed by atoms with E-state index in [1.165, 1.54) is 13.0 Å². The summed E-state index contributed by atoms with van der Waals surface area (Å²) in [6, 6.07) is -0.962. The second-order valence-corrected chi connectivity index (χ2v) is 11.7. The van der Waals surface area contributed by atoms with Gasteiger partial charge in [0.1, 0.15) is 73.2 Å². The van der Waals surface area contributed by atoms with Gasteiger partial charge in [-0.05, 0) is 6.42 Å². The van der Waals surface area contributed by atoms with Crippen molar-refractivity contribution in [3.63, 3.8) is 0 Å². The molecule has 3 aliphatic rings. The van der Waals surface area contributed by atoms with Crippen LogP contribution in [0.4, 0.5) is 0 Å². The smallest absolute Gasteiger partial charge is 0.217 e. The van der Waals surface area contributed by atoms with Gasteiger partial charge in [-0.15, -0.1) is 0 Å². The summed E-state index contributed by atoms with van der Waals surface area (Å²) in [6.07, 6.45) is -22.0. The van der Waals surface area contributed by atoms with Crippen molar-refractivity contribution in [1.82, 2.24) is 5.32 Å². The van der Waals surface area contributed by atoms with E-state index in [0.29, 0.717) is 6.42 Å². The first-order valence-electron chi connectivity index (χ1n) is 15.4. The molecule has 3 saturated heterocycles. The molecule has 19 heteroatoms. The Bertz CT molecular complexity index is 972. The fraction of sp³-hybridized carbons (Fsp3) is 0.893. The maximum Gasteiger partial charge on any atom is 0.217 e. The molecule has 3 fully saturated rings. The van der Waals surface area contributed by atoms with Crippen LogP contribution in [0.1, 0.15) is 26.7 Å².